The number of nitrogens with one attached hydrogen (secondary N) is 1. The normalized spacial score (nSPS) is 15.4. The van der Waals surface area contributed by atoms with Crippen LogP contribution in [0.2, 0.25) is 10.0 Å². The second kappa shape index (κ2) is 10.7. The van der Waals surface area contributed by atoms with E-state index in [1.807, 2.05) is 19.1 Å². The molecule has 0 spiro atoms. The molecule has 2 aromatic heterocycles. The van der Waals surface area contributed by atoms with Gasteiger partial charge >= 0.3 is 0 Å². The van der Waals surface area contributed by atoms with Gasteiger partial charge in [0.25, 0.3) is 0 Å². The van der Waals surface area contributed by atoms with E-state index < -0.39 is 11.4 Å². The molecule has 7 nitrogen and oxygen atoms in total. The molecule has 0 radical (unpaired) electrons. The average Bonchev–Trinajstić information content (AvgIpc) is 2.81. The Morgan fingerprint density at radius 2 is 1.92 bits per heavy atom. The maximum Gasteiger partial charge on any atom is 0.166 e. The molecule has 0 bridgehead atoms. The van der Waals surface area contributed by atoms with Gasteiger partial charge in [-0.1, -0.05) is 36.2 Å². The van der Waals surface area contributed by atoms with Crippen LogP contribution in [0.1, 0.15) is 47.9 Å². The number of halogens is 3. The van der Waals surface area contributed by atoms with E-state index in [0.717, 1.165) is 11.1 Å². The number of benzene rings is 1. The number of pyridine rings is 2. The lowest BCUT2D eigenvalue weighted by molar-refractivity contribution is 0.238. The Morgan fingerprint density at radius 3 is 2.56 bits per heavy atom. The van der Waals surface area contributed by atoms with Gasteiger partial charge in [-0.2, -0.15) is 0 Å². The first-order valence-electron chi connectivity index (χ1n) is 11.7. The Labute approximate surface area is 219 Å². The summed E-state index contributed by atoms with van der Waals surface area (Å²) >= 11 is 12.6. The van der Waals surface area contributed by atoms with E-state index in [0.29, 0.717) is 59.2 Å². The summed E-state index contributed by atoms with van der Waals surface area (Å²) in [5.74, 6) is -0.314. The highest BCUT2D eigenvalue weighted by atomic mass is 35.5. The molecule has 10 heteroatoms. The third kappa shape index (κ3) is 5.47. The van der Waals surface area contributed by atoms with Crippen LogP contribution in [0.5, 0.6) is 0 Å². The lowest BCUT2D eigenvalue weighted by Gasteiger charge is -2.48. The lowest BCUT2D eigenvalue weighted by atomic mass is 9.86. The standard InChI is InChI=1S/C26H29Cl2FN6O/c1-15(23-19(27)11-33-12-20(23)28)7-16-3-4-22(30)18(8-16)24(31)17-9-21(29)25(34-10-17)35-13-26(32,14-35)5-2-6-36/h3-4,8-12,15,31,36H,2,5-7,13-14,30,32H2,1H3/t15-/m0/s1. The molecular formula is C26H29Cl2FN6O. The summed E-state index contributed by atoms with van der Waals surface area (Å²) in [6.07, 6.45) is 6.50. The minimum absolute atomic E-state index is 0.000576. The molecule has 1 aliphatic heterocycles. The fourth-order valence-corrected chi connectivity index (χ4v) is 5.44. The van der Waals surface area contributed by atoms with E-state index >= 15 is 0 Å². The summed E-state index contributed by atoms with van der Waals surface area (Å²) in [4.78, 5) is 10.1. The molecule has 36 heavy (non-hydrogen) atoms. The van der Waals surface area contributed by atoms with Gasteiger partial charge < -0.3 is 21.5 Å². The highest BCUT2D eigenvalue weighted by Crippen LogP contribution is 2.34. The molecule has 3 aromatic rings. The topological polar surface area (TPSA) is 125 Å². The van der Waals surface area contributed by atoms with Gasteiger partial charge in [-0.25, -0.2) is 9.37 Å². The molecule has 1 aromatic carbocycles. The van der Waals surface area contributed by atoms with Crippen LogP contribution < -0.4 is 16.4 Å². The third-order valence-corrected chi connectivity index (χ3v) is 7.17. The van der Waals surface area contributed by atoms with Crippen molar-refractivity contribution in [3.05, 3.63) is 81.0 Å². The summed E-state index contributed by atoms with van der Waals surface area (Å²) in [6.45, 7) is 3.03. The zero-order valence-corrected chi connectivity index (χ0v) is 21.5. The zero-order valence-electron chi connectivity index (χ0n) is 19.9. The Morgan fingerprint density at radius 1 is 1.22 bits per heavy atom. The van der Waals surface area contributed by atoms with Crippen molar-refractivity contribution in [2.24, 2.45) is 5.73 Å². The van der Waals surface area contributed by atoms with Gasteiger partial charge in [-0.3, -0.25) is 10.4 Å². The molecule has 1 saturated heterocycles. The van der Waals surface area contributed by atoms with Gasteiger partial charge in [0.15, 0.2) is 11.6 Å². The number of hydrogen-bond acceptors (Lipinski definition) is 7. The van der Waals surface area contributed by atoms with Gasteiger partial charge in [0.2, 0.25) is 0 Å². The van der Waals surface area contributed by atoms with Crippen LogP contribution in [0.25, 0.3) is 0 Å². The van der Waals surface area contributed by atoms with Crippen molar-refractivity contribution in [1.29, 1.82) is 5.41 Å². The van der Waals surface area contributed by atoms with E-state index in [9.17, 15) is 4.39 Å². The van der Waals surface area contributed by atoms with E-state index in [4.69, 9.17) is 45.2 Å². The van der Waals surface area contributed by atoms with Crippen LogP contribution >= 0.6 is 23.2 Å². The number of aliphatic hydroxyl groups is 1. The first kappa shape index (κ1) is 26.3. The van der Waals surface area contributed by atoms with Crippen molar-refractivity contribution in [2.75, 3.05) is 30.3 Å². The monoisotopic (exact) mass is 530 g/mol. The number of rotatable bonds is 9. The first-order valence-corrected chi connectivity index (χ1v) is 12.4. The number of aromatic nitrogens is 2. The maximum absolute atomic E-state index is 15.0. The molecule has 0 aliphatic carbocycles. The largest absolute Gasteiger partial charge is 0.398 e. The lowest BCUT2D eigenvalue weighted by Crippen LogP contribution is -2.67. The molecule has 1 fully saturated rings. The zero-order chi connectivity index (χ0) is 26.0. The van der Waals surface area contributed by atoms with Crippen LogP contribution in [0.15, 0.2) is 42.9 Å². The van der Waals surface area contributed by atoms with E-state index in [2.05, 4.69) is 9.97 Å². The second-order valence-corrected chi connectivity index (χ2v) is 10.3. The van der Waals surface area contributed by atoms with Crippen molar-refractivity contribution >= 4 is 40.4 Å². The SMILES string of the molecule is C[C@@H](Cc1ccc(N)c(C(=N)c2cnc(N3CC(N)(CCCO)C3)c(F)c2)c1)c1c(Cl)cncc1Cl. The van der Waals surface area contributed by atoms with Crippen molar-refractivity contribution in [3.63, 3.8) is 0 Å². The molecule has 1 aliphatic rings. The molecule has 1 atom stereocenters. The van der Waals surface area contributed by atoms with Crippen molar-refractivity contribution in [1.82, 2.24) is 9.97 Å². The van der Waals surface area contributed by atoms with E-state index in [1.54, 1.807) is 23.4 Å². The van der Waals surface area contributed by atoms with E-state index in [-0.39, 0.29) is 24.1 Å². The fraction of sp³-hybridized carbons (Fsp3) is 0.346. The van der Waals surface area contributed by atoms with E-state index in [1.165, 1.54) is 12.3 Å². The fourth-order valence-electron chi connectivity index (χ4n) is 4.70. The third-order valence-electron chi connectivity index (χ3n) is 6.57. The Balaban J connectivity index is 1.51. The predicted molar refractivity (Wildman–Crippen MR) is 143 cm³/mol. The highest BCUT2D eigenvalue weighted by molar-refractivity contribution is 6.35. The van der Waals surface area contributed by atoms with Crippen LogP contribution in [-0.2, 0) is 6.42 Å². The van der Waals surface area contributed by atoms with Crippen LogP contribution in [0.4, 0.5) is 15.9 Å². The number of anilines is 2. The molecule has 6 N–H and O–H groups in total. The molecular weight excluding hydrogens is 502 g/mol. The van der Waals surface area contributed by atoms with Gasteiger partial charge in [0, 0.05) is 55.1 Å². The quantitative estimate of drug-likeness (QED) is 0.237. The number of nitrogens with zero attached hydrogens (tertiary/aromatic N) is 3. The summed E-state index contributed by atoms with van der Waals surface area (Å²) in [5.41, 5.74) is 15.1. The van der Waals surface area contributed by atoms with Gasteiger partial charge in [-0.15, -0.1) is 0 Å². The number of aliphatic hydroxyl groups excluding tert-OH is 1. The van der Waals surface area contributed by atoms with Crippen molar-refractivity contribution in [3.8, 4) is 0 Å². The van der Waals surface area contributed by atoms with Crippen LogP contribution in [0, 0.1) is 11.2 Å². The Kier molecular flexibility index (Phi) is 7.80. The summed E-state index contributed by atoms with van der Waals surface area (Å²) in [5, 5.41) is 18.7. The Hall–Kier alpha value is -2.78. The summed E-state index contributed by atoms with van der Waals surface area (Å²) in [7, 11) is 0. The molecule has 0 saturated carbocycles. The number of nitrogen functional groups attached to an aromatic ring is 1. The average molecular weight is 531 g/mol. The molecule has 190 valence electrons. The Bertz CT molecular complexity index is 1260. The van der Waals surface area contributed by atoms with Gasteiger partial charge in [-0.05, 0) is 54.5 Å². The maximum atomic E-state index is 15.0. The summed E-state index contributed by atoms with van der Waals surface area (Å²) < 4.78 is 15.0. The number of nitrogens with two attached hydrogens (primary N) is 2. The summed E-state index contributed by atoms with van der Waals surface area (Å²) in [6, 6.07) is 6.78. The molecule has 4 rings (SSSR count). The number of hydrogen-bond donors (Lipinski definition) is 4. The molecule has 3 heterocycles. The van der Waals surface area contributed by atoms with Crippen LogP contribution in [0.3, 0.4) is 0 Å². The molecule has 0 amide bonds. The predicted octanol–water partition coefficient (Wildman–Crippen LogP) is 4.56. The smallest absolute Gasteiger partial charge is 0.166 e. The highest BCUT2D eigenvalue weighted by Gasteiger charge is 2.40. The minimum Gasteiger partial charge on any atom is -0.398 e. The second-order valence-electron chi connectivity index (χ2n) is 9.49. The van der Waals surface area contributed by atoms with Crippen LogP contribution in [-0.4, -0.2) is 46.0 Å². The first-order chi connectivity index (χ1) is 17.1. The molecule has 0 unspecified atom stereocenters. The minimum atomic E-state index is -0.522. The van der Waals surface area contributed by atoms with Crippen molar-refractivity contribution in [2.45, 2.75) is 37.6 Å². The van der Waals surface area contributed by atoms with Gasteiger partial charge in [0.05, 0.1) is 21.3 Å². The van der Waals surface area contributed by atoms with Crippen molar-refractivity contribution < 1.29 is 9.50 Å². The van der Waals surface area contributed by atoms with Gasteiger partial charge in [0.1, 0.15) is 0 Å².